The van der Waals surface area contributed by atoms with Crippen molar-refractivity contribution in [1.82, 2.24) is 5.32 Å². The number of carboxylic acid groups (broad SMARTS) is 1. The van der Waals surface area contributed by atoms with Crippen LogP contribution in [0.1, 0.15) is 47.7 Å². The third-order valence-corrected chi connectivity index (χ3v) is 4.23. The van der Waals surface area contributed by atoms with Gasteiger partial charge in [-0.15, -0.1) is 0 Å². The predicted molar refractivity (Wildman–Crippen MR) is 98.7 cm³/mol. The number of hydrogen-bond acceptors (Lipinski definition) is 2. The van der Waals surface area contributed by atoms with E-state index in [-0.39, 0.29) is 23.9 Å². The van der Waals surface area contributed by atoms with E-state index >= 15 is 0 Å². The summed E-state index contributed by atoms with van der Waals surface area (Å²) in [4.78, 5) is 23.6. The van der Waals surface area contributed by atoms with Crippen molar-refractivity contribution in [2.45, 2.75) is 45.1 Å². The summed E-state index contributed by atoms with van der Waals surface area (Å²) in [5, 5.41) is 12.3. The third-order valence-electron chi connectivity index (χ3n) is 4.23. The molecule has 4 heteroatoms. The Bertz CT molecular complexity index is 697. The summed E-state index contributed by atoms with van der Waals surface area (Å²) in [6.45, 7) is 2.10. The van der Waals surface area contributed by atoms with Gasteiger partial charge in [-0.3, -0.25) is 4.79 Å². The van der Waals surface area contributed by atoms with E-state index in [0.717, 1.165) is 25.7 Å². The number of aryl methyl sites for hydroxylation is 1. The molecule has 2 aromatic carbocycles. The summed E-state index contributed by atoms with van der Waals surface area (Å²) in [5.41, 5.74) is 1.99. The maximum atomic E-state index is 12.4. The first-order chi connectivity index (χ1) is 12.1. The molecule has 0 saturated heterocycles. The number of hydrogen-bond donors (Lipinski definition) is 2. The molecule has 0 radical (unpaired) electrons. The zero-order valence-corrected chi connectivity index (χ0v) is 14.6. The first-order valence-corrected chi connectivity index (χ1v) is 8.74. The lowest BCUT2D eigenvalue weighted by atomic mass is 10.0. The molecular weight excluding hydrogens is 314 g/mol. The predicted octanol–water partition coefficient (Wildman–Crippen LogP) is 3.85. The summed E-state index contributed by atoms with van der Waals surface area (Å²) >= 11 is 0. The second kappa shape index (κ2) is 9.62. The molecule has 0 aliphatic carbocycles. The van der Waals surface area contributed by atoms with Crippen LogP contribution in [0.25, 0.3) is 0 Å². The molecule has 2 rings (SSSR count). The highest BCUT2D eigenvalue weighted by Gasteiger charge is 2.15. The molecule has 0 bridgehead atoms. The average molecular weight is 339 g/mol. The number of benzene rings is 2. The van der Waals surface area contributed by atoms with Gasteiger partial charge in [-0.05, 0) is 36.5 Å². The number of rotatable bonds is 9. The van der Waals surface area contributed by atoms with E-state index in [2.05, 4.69) is 24.4 Å². The highest BCUT2D eigenvalue weighted by Crippen LogP contribution is 2.12. The molecule has 1 unspecified atom stereocenters. The minimum absolute atomic E-state index is 0.0913. The van der Waals surface area contributed by atoms with Gasteiger partial charge in [0.05, 0.1) is 12.0 Å². The average Bonchev–Trinajstić information content (AvgIpc) is 2.61. The summed E-state index contributed by atoms with van der Waals surface area (Å²) in [6, 6.07) is 17.0. The Kier molecular flexibility index (Phi) is 7.20. The van der Waals surface area contributed by atoms with Gasteiger partial charge >= 0.3 is 5.97 Å². The van der Waals surface area contributed by atoms with Crippen LogP contribution >= 0.6 is 0 Å². The van der Waals surface area contributed by atoms with Gasteiger partial charge in [0, 0.05) is 6.04 Å². The van der Waals surface area contributed by atoms with E-state index in [0.29, 0.717) is 5.56 Å². The van der Waals surface area contributed by atoms with E-state index in [9.17, 15) is 14.7 Å². The van der Waals surface area contributed by atoms with E-state index in [1.165, 1.54) is 11.6 Å². The largest absolute Gasteiger partial charge is 0.478 e. The SMILES string of the molecule is CCCC(CCc1ccccc1)NC(=O)Cc1ccccc1C(=O)O. The molecule has 2 aromatic rings. The highest BCUT2D eigenvalue weighted by molar-refractivity contribution is 5.91. The Hall–Kier alpha value is -2.62. The summed E-state index contributed by atoms with van der Waals surface area (Å²) < 4.78 is 0. The Labute approximate surface area is 148 Å². The van der Waals surface area contributed by atoms with Crippen molar-refractivity contribution in [2.75, 3.05) is 0 Å². The van der Waals surface area contributed by atoms with E-state index in [1.54, 1.807) is 18.2 Å². The highest BCUT2D eigenvalue weighted by atomic mass is 16.4. The molecule has 0 aliphatic rings. The normalized spacial score (nSPS) is 11.7. The van der Waals surface area contributed by atoms with Crippen LogP contribution in [0.15, 0.2) is 54.6 Å². The standard InChI is InChI=1S/C21H25NO3/c1-2-8-18(14-13-16-9-4-3-5-10-16)22-20(23)15-17-11-6-7-12-19(17)21(24)25/h3-7,9-12,18H,2,8,13-15H2,1H3,(H,22,23)(H,24,25). The monoisotopic (exact) mass is 339 g/mol. The number of carbonyl (C=O) groups is 2. The van der Waals surface area contributed by atoms with Gasteiger partial charge in [-0.25, -0.2) is 4.79 Å². The van der Waals surface area contributed by atoms with Gasteiger partial charge in [0.25, 0.3) is 0 Å². The molecule has 0 aromatic heterocycles. The third kappa shape index (κ3) is 6.07. The molecule has 0 fully saturated rings. The fraction of sp³-hybridized carbons (Fsp3) is 0.333. The Morgan fingerprint density at radius 1 is 1.00 bits per heavy atom. The fourth-order valence-electron chi connectivity index (χ4n) is 2.96. The lowest BCUT2D eigenvalue weighted by molar-refractivity contribution is -0.121. The summed E-state index contributed by atoms with van der Waals surface area (Å²) in [5.74, 6) is -1.13. The number of carboxylic acids is 1. The second-order valence-corrected chi connectivity index (χ2v) is 6.22. The van der Waals surface area contributed by atoms with Gasteiger partial charge in [0.2, 0.25) is 5.91 Å². The van der Waals surface area contributed by atoms with Crippen LogP contribution in [0, 0.1) is 0 Å². The first-order valence-electron chi connectivity index (χ1n) is 8.74. The Morgan fingerprint density at radius 2 is 1.68 bits per heavy atom. The van der Waals surface area contributed by atoms with E-state index in [4.69, 9.17) is 0 Å². The summed E-state index contributed by atoms with van der Waals surface area (Å²) in [6.07, 6.45) is 3.79. The fourth-order valence-corrected chi connectivity index (χ4v) is 2.96. The van der Waals surface area contributed by atoms with Crippen molar-refractivity contribution >= 4 is 11.9 Å². The molecule has 1 atom stereocenters. The maximum absolute atomic E-state index is 12.4. The minimum Gasteiger partial charge on any atom is -0.478 e. The van der Waals surface area contributed by atoms with Crippen LogP contribution in [-0.4, -0.2) is 23.0 Å². The second-order valence-electron chi connectivity index (χ2n) is 6.22. The lowest BCUT2D eigenvalue weighted by Crippen LogP contribution is -2.36. The van der Waals surface area contributed by atoms with Crippen LogP contribution in [0.4, 0.5) is 0 Å². The van der Waals surface area contributed by atoms with Crippen LogP contribution in [0.5, 0.6) is 0 Å². The summed E-state index contributed by atoms with van der Waals surface area (Å²) in [7, 11) is 0. The molecule has 0 heterocycles. The maximum Gasteiger partial charge on any atom is 0.335 e. The molecule has 132 valence electrons. The number of nitrogens with one attached hydrogen (secondary N) is 1. The molecule has 25 heavy (non-hydrogen) atoms. The number of carbonyl (C=O) groups excluding carboxylic acids is 1. The Morgan fingerprint density at radius 3 is 2.36 bits per heavy atom. The zero-order chi connectivity index (χ0) is 18.1. The van der Waals surface area contributed by atoms with Gasteiger partial charge in [-0.2, -0.15) is 0 Å². The van der Waals surface area contributed by atoms with Gasteiger partial charge < -0.3 is 10.4 Å². The van der Waals surface area contributed by atoms with Crippen LogP contribution in [0.3, 0.4) is 0 Å². The van der Waals surface area contributed by atoms with Gasteiger partial charge in [0.1, 0.15) is 0 Å². The molecule has 4 nitrogen and oxygen atoms in total. The minimum atomic E-state index is -1.00. The molecular formula is C21H25NO3. The lowest BCUT2D eigenvalue weighted by Gasteiger charge is -2.18. The van der Waals surface area contributed by atoms with Crippen LogP contribution in [-0.2, 0) is 17.6 Å². The number of aromatic carboxylic acids is 1. The van der Waals surface area contributed by atoms with E-state index in [1.807, 2.05) is 18.2 Å². The molecule has 0 aliphatic heterocycles. The smallest absolute Gasteiger partial charge is 0.335 e. The van der Waals surface area contributed by atoms with Crippen molar-refractivity contribution in [3.63, 3.8) is 0 Å². The van der Waals surface area contributed by atoms with Crippen molar-refractivity contribution in [1.29, 1.82) is 0 Å². The van der Waals surface area contributed by atoms with Crippen molar-refractivity contribution < 1.29 is 14.7 Å². The topological polar surface area (TPSA) is 66.4 Å². The van der Waals surface area contributed by atoms with Crippen molar-refractivity contribution in [2.24, 2.45) is 0 Å². The van der Waals surface area contributed by atoms with Crippen LogP contribution in [0.2, 0.25) is 0 Å². The quantitative estimate of drug-likeness (QED) is 0.729. The molecule has 0 saturated carbocycles. The first kappa shape index (κ1) is 18.7. The zero-order valence-electron chi connectivity index (χ0n) is 14.6. The van der Waals surface area contributed by atoms with Gasteiger partial charge in [0.15, 0.2) is 0 Å². The number of amides is 1. The van der Waals surface area contributed by atoms with Gasteiger partial charge in [-0.1, -0.05) is 61.9 Å². The van der Waals surface area contributed by atoms with Crippen LogP contribution < -0.4 is 5.32 Å². The van der Waals surface area contributed by atoms with Crippen molar-refractivity contribution in [3.8, 4) is 0 Å². The molecule has 0 spiro atoms. The van der Waals surface area contributed by atoms with Crippen molar-refractivity contribution in [3.05, 3.63) is 71.3 Å². The Balaban J connectivity index is 1.94. The molecule has 1 amide bonds. The molecule has 2 N–H and O–H groups in total. The van der Waals surface area contributed by atoms with E-state index < -0.39 is 5.97 Å².